The number of nitrogens with one attached hydrogen (secondary N) is 1. The number of hydrogen-bond donors (Lipinski definition) is 1. The minimum absolute atomic E-state index is 0.0971. The molecular formula is C29H33N3O2. The Balaban J connectivity index is 1.60. The van der Waals surface area contributed by atoms with E-state index in [9.17, 15) is 10.1 Å². The molecule has 1 heterocycles. The van der Waals surface area contributed by atoms with E-state index in [2.05, 4.69) is 78.0 Å². The first-order valence-corrected chi connectivity index (χ1v) is 11.9. The lowest BCUT2D eigenvalue weighted by atomic mass is 9.79. The molecule has 0 spiro atoms. The molecule has 1 amide bonds. The Morgan fingerprint density at radius 1 is 1.21 bits per heavy atom. The molecule has 1 aromatic carbocycles. The predicted octanol–water partition coefficient (Wildman–Crippen LogP) is 5.91. The average molecular weight is 456 g/mol. The molecule has 176 valence electrons. The number of likely N-dealkylation sites (N-methyl/N-ethyl adjacent to an activating group) is 1. The number of amides is 1. The van der Waals surface area contributed by atoms with Crippen molar-refractivity contribution in [2.45, 2.75) is 51.7 Å². The Hall–Kier alpha value is -3.52. The second-order valence-corrected chi connectivity index (χ2v) is 10.1. The van der Waals surface area contributed by atoms with Crippen LogP contribution in [0.25, 0.3) is 5.57 Å². The Morgan fingerprint density at radius 2 is 1.97 bits per heavy atom. The van der Waals surface area contributed by atoms with E-state index in [1.807, 2.05) is 26.8 Å². The maximum absolute atomic E-state index is 12.0. The number of rotatable bonds is 4. The normalized spacial score (nSPS) is 22.2. The van der Waals surface area contributed by atoms with E-state index in [1.165, 1.54) is 22.3 Å². The summed E-state index contributed by atoms with van der Waals surface area (Å²) in [7, 11) is 2.13. The van der Waals surface area contributed by atoms with E-state index in [0.717, 1.165) is 30.5 Å². The van der Waals surface area contributed by atoms with Gasteiger partial charge in [0.2, 0.25) is 0 Å². The maximum Gasteiger partial charge on any atom is 0.407 e. The van der Waals surface area contributed by atoms with Gasteiger partial charge in [-0.05, 0) is 74.5 Å². The highest BCUT2D eigenvalue weighted by Gasteiger charge is 2.34. The van der Waals surface area contributed by atoms with Gasteiger partial charge < -0.3 is 15.0 Å². The van der Waals surface area contributed by atoms with Crippen LogP contribution in [0, 0.1) is 17.2 Å². The Kier molecular flexibility index (Phi) is 6.79. The molecule has 0 radical (unpaired) electrons. The fraction of sp³-hybridized carbons (Fsp3) is 0.379. The molecule has 0 saturated carbocycles. The van der Waals surface area contributed by atoms with E-state index in [4.69, 9.17) is 4.74 Å². The minimum atomic E-state index is -0.504. The van der Waals surface area contributed by atoms with Crippen LogP contribution < -0.4 is 5.32 Å². The molecule has 1 aliphatic heterocycles. The molecule has 5 nitrogen and oxygen atoms in total. The van der Waals surface area contributed by atoms with Gasteiger partial charge >= 0.3 is 6.09 Å². The van der Waals surface area contributed by atoms with Crippen LogP contribution >= 0.6 is 0 Å². The average Bonchev–Trinajstić information content (AvgIpc) is 2.82. The standard InChI is InChI=1S/C29H33N3O2/c1-29(2,3)34-28(33)31-19-20-13-15-22(16-14-20)27-25(21-9-6-5-7-10-21)17-24-23(18-30)11-8-12-26(24)32(27)4/h5-10,12-13,15,17,23,27H,11,14,16,19H2,1-4H3,(H,31,33). The number of alkyl carbamates (subject to hydrolysis) is 1. The third-order valence-corrected chi connectivity index (χ3v) is 6.43. The SMILES string of the molecule is CN1C2=C(C=C(c3ccccc3)C1C1=CC=C(CNC(=O)OC(C)(C)C)CC1)C(C#N)CC=C2. The summed E-state index contributed by atoms with van der Waals surface area (Å²) in [6, 6.07) is 13.0. The summed E-state index contributed by atoms with van der Waals surface area (Å²) in [5.74, 6) is -0.118. The van der Waals surface area contributed by atoms with Crippen molar-refractivity contribution >= 4 is 11.7 Å². The van der Waals surface area contributed by atoms with Gasteiger partial charge in [-0.3, -0.25) is 0 Å². The van der Waals surface area contributed by atoms with Gasteiger partial charge in [-0.1, -0.05) is 54.1 Å². The zero-order chi connectivity index (χ0) is 24.3. The maximum atomic E-state index is 12.0. The van der Waals surface area contributed by atoms with Gasteiger partial charge in [0, 0.05) is 19.3 Å². The number of carbonyl (C=O) groups is 1. The molecule has 0 saturated heterocycles. The van der Waals surface area contributed by atoms with E-state index in [-0.39, 0.29) is 18.1 Å². The third-order valence-electron chi connectivity index (χ3n) is 6.43. The Morgan fingerprint density at radius 3 is 2.62 bits per heavy atom. The van der Waals surface area contributed by atoms with Crippen molar-refractivity contribution in [2.24, 2.45) is 5.92 Å². The van der Waals surface area contributed by atoms with Crippen LogP contribution in [0.4, 0.5) is 4.79 Å². The van der Waals surface area contributed by atoms with Gasteiger partial charge in [-0.25, -0.2) is 4.79 Å². The smallest absolute Gasteiger partial charge is 0.407 e. The molecule has 0 aromatic heterocycles. The largest absolute Gasteiger partial charge is 0.444 e. The lowest BCUT2D eigenvalue weighted by molar-refractivity contribution is 0.0532. The molecule has 1 aromatic rings. The van der Waals surface area contributed by atoms with Crippen LogP contribution in [0.5, 0.6) is 0 Å². The molecule has 2 aliphatic carbocycles. The summed E-state index contributed by atoms with van der Waals surface area (Å²) in [5.41, 5.74) is 6.65. The van der Waals surface area contributed by atoms with Crippen molar-refractivity contribution in [2.75, 3.05) is 13.6 Å². The number of ether oxygens (including phenoxy) is 1. The quantitative estimate of drug-likeness (QED) is 0.613. The Labute approximate surface area is 202 Å². The monoisotopic (exact) mass is 455 g/mol. The summed E-state index contributed by atoms with van der Waals surface area (Å²) >= 11 is 0. The first-order valence-electron chi connectivity index (χ1n) is 11.9. The van der Waals surface area contributed by atoms with Crippen molar-refractivity contribution in [3.63, 3.8) is 0 Å². The van der Waals surface area contributed by atoms with Crippen molar-refractivity contribution < 1.29 is 9.53 Å². The van der Waals surface area contributed by atoms with Crippen LogP contribution in [0.2, 0.25) is 0 Å². The second-order valence-electron chi connectivity index (χ2n) is 10.1. The first-order chi connectivity index (χ1) is 16.3. The van der Waals surface area contributed by atoms with Gasteiger partial charge in [0.05, 0.1) is 18.0 Å². The van der Waals surface area contributed by atoms with Crippen molar-refractivity contribution in [3.05, 3.63) is 88.7 Å². The predicted molar refractivity (Wildman–Crippen MR) is 135 cm³/mol. The van der Waals surface area contributed by atoms with Crippen molar-refractivity contribution in [3.8, 4) is 6.07 Å². The van der Waals surface area contributed by atoms with Gasteiger partial charge in [-0.2, -0.15) is 5.26 Å². The van der Waals surface area contributed by atoms with Crippen LogP contribution in [-0.2, 0) is 4.74 Å². The zero-order valence-electron chi connectivity index (χ0n) is 20.5. The number of allylic oxidation sites excluding steroid dienone is 6. The van der Waals surface area contributed by atoms with Crippen LogP contribution in [-0.4, -0.2) is 36.2 Å². The van der Waals surface area contributed by atoms with Crippen LogP contribution in [0.3, 0.4) is 0 Å². The number of nitrogens with zero attached hydrogens (tertiary/aromatic N) is 2. The van der Waals surface area contributed by atoms with Crippen molar-refractivity contribution in [1.82, 2.24) is 10.2 Å². The van der Waals surface area contributed by atoms with Gasteiger partial charge in [0.1, 0.15) is 5.60 Å². The van der Waals surface area contributed by atoms with Gasteiger partial charge in [0.25, 0.3) is 0 Å². The molecular weight excluding hydrogens is 422 g/mol. The molecule has 34 heavy (non-hydrogen) atoms. The van der Waals surface area contributed by atoms with E-state index in [0.29, 0.717) is 6.54 Å². The fourth-order valence-corrected chi connectivity index (χ4v) is 4.82. The minimum Gasteiger partial charge on any atom is -0.444 e. The Bertz CT molecular complexity index is 1140. The molecule has 2 atom stereocenters. The van der Waals surface area contributed by atoms with Crippen molar-refractivity contribution in [1.29, 1.82) is 5.26 Å². The van der Waals surface area contributed by atoms with E-state index >= 15 is 0 Å². The van der Waals surface area contributed by atoms with Crippen LogP contribution in [0.15, 0.2) is 83.1 Å². The summed E-state index contributed by atoms with van der Waals surface area (Å²) in [4.78, 5) is 14.3. The topological polar surface area (TPSA) is 65.4 Å². The molecule has 2 unspecified atom stereocenters. The lowest BCUT2D eigenvalue weighted by Crippen LogP contribution is -2.38. The highest BCUT2D eigenvalue weighted by molar-refractivity contribution is 5.78. The number of hydrogen-bond acceptors (Lipinski definition) is 4. The molecule has 5 heteroatoms. The lowest BCUT2D eigenvalue weighted by Gasteiger charge is -2.41. The molecule has 0 bridgehead atoms. The summed E-state index contributed by atoms with van der Waals surface area (Å²) in [6.45, 7) is 6.08. The van der Waals surface area contributed by atoms with E-state index in [1.54, 1.807) is 0 Å². The molecule has 1 N–H and O–H groups in total. The molecule has 3 aliphatic rings. The highest BCUT2D eigenvalue weighted by Crippen LogP contribution is 2.42. The number of carbonyl (C=O) groups excluding carboxylic acids is 1. The third kappa shape index (κ3) is 5.17. The highest BCUT2D eigenvalue weighted by atomic mass is 16.6. The second kappa shape index (κ2) is 9.77. The fourth-order valence-electron chi connectivity index (χ4n) is 4.82. The summed E-state index contributed by atoms with van der Waals surface area (Å²) in [6.07, 6.45) is 13.0. The number of nitriles is 1. The van der Waals surface area contributed by atoms with Gasteiger partial charge in [0.15, 0.2) is 0 Å². The zero-order valence-corrected chi connectivity index (χ0v) is 20.5. The number of benzene rings is 1. The summed E-state index contributed by atoms with van der Waals surface area (Å²) < 4.78 is 5.35. The molecule has 0 fully saturated rings. The van der Waals surface area contributed by atoms with Gasteiger partial charge in [-0.15, -0.1) is 0 Å². The summed E-state index contributed by atoms with van der Waals surface area (Å²) in [5, 5.41) is 12.6. The van der Waals surface area contributed by atoms with E-state index < -0.39 is 5.60 Å². The van der Waals surface area contributed by atoms with Crippen LogP contribution in [0.1, 0.15) is 45.6 Å². The first kappa shape index (κ1) is 23.6. The molecule has 4 rings (SSSR count).